The molecule has 178 valence electrons. The van der Waals surface area contributed by atoms with E-state index in [1.54, 1.807) is 18.2 Å². The summed E-state index contributed by atoms with van der Waals surface area (Å²) >= 11 is 0. The number of hydrogen-bond acceptors (Lipinski definition) is 1. The number of benzene rings is 2. The summed E-state index contributed by atoms with van der Waals surface area (Å²) in [7, 11) is 0. The van der Waals surface area contributed by atoms with Crippen molar-refractivity contribution in [3.05, 3.63) is 82.5 Å². The van der Waals surface area contributed by atoms with E-state index < -0.39 is 23.3 Å². The predicted molar refractivity (Wildman–Crippen MR) is 125 cm³/mol. The fourth-order valence-corrected chi connectivity index (χ4v) is 4.19. The smallest absolute Gasteiger partial charge is 0.200 e. The molecule has 2 aromatic carbocycles. The lowest BCUT2D eigenvalue weighted by molar-refractivity contribution is 0.294. The number of allylic oxidation sites excluding steroid dienone is 4. The second-order valence-electron chi connectivity index (χ2n) is 8.58. The largest absolute Gasteiger partial charge is 0.490 e. The van der Waals surface area contributed by atoms with Gasteiger partial charge in [-0.2, -0.15) is 4.39 Å². The summed E-state index contributed by atoms with van der Waals surface area (Å²) in [5.41, 5.74) is 1.96. The van der Waals surface area contributed by atoms with E-state index in [1.165, 1.54) is 6.07 Å². The number of hydrogen-bond donors (Lipinski definition) is 0. The van der Waals surface area contributed by atoms with Crippen molar-refractivity contribution in [1.29, 1.82) is 0 Å². The first-order chi connectivity index (χ1) is 16.0. The van der Waals surface area contributed by atoms with Crippen LogP contribution in [0.1, 0.15) is 69.1 Å². The molecule has 1 aliphatic carbocycles. The molecule has 0 spiro atoms. The Morgan fingerprint density at radius 3 is 2.30 bits per heavy atom. The van der Waals surface area contributed by atoms with Crippen molar-refractivity contribution in [2.24, 2.45) is 5.92 Å². The molecular weight excluding hydrogens is 428 g/mol. The minimum absolute atomic E-state index is 0.0465. The van der Waals surface area contributed by atoms with Crippen LogP contribution in [0.5, 0.6) is 5.75 Å². The molecule has 3 rings (SSSR count). The Hall–Kier alpha value is -2.56. The maximum Gasteiger partial charge on any atom is 0.200 e. The van der Waals surface area contributed by atoms with Crippen molar-refractivity contribution in [3.8, 4) is 5.75 Å². The van der Waals surface area contributed by atoms with Crippen LogP contribution in [0.3, 0.4) is 0 Å². The molecule has 0 bridgehead atoms. The van der Waals surface area contributed by atoms with Gasteiger partial charge in [0.2, 0.25) is 5.82 Å². The van der Waals surface area contributed by atoms with Crippen molar-refractivity contribution < 1.29 is 22.3 Å². The summed E-state index contributed by atoms with van der Waals surface area (Å²) in [4.78, 5) is 0. The highest BCUT2D eigenvalue weighted by Gasteiger charge is 2.19. The molecule has 2 aromatic rings. The van der Waals surface area contributed by atoms with Crippen LogP contribution in [0, 0.1) is 29.2 Å². The first-order valence-corrected chi connectivity index (χ1v) is 11.9. The lowest BCUT2D eigenvalue weighted by atomic mass is 9.85. The van der Waals surface area contributed by atoms with E-state index in [4.69, 9.17) is 4.74 Å². The minimum Gasteiger partial charge on any atom is -0.490 e. The van der Waals surface area contributed by atoms with E-state index in [-0.39, 0.29) is 5.75 Å². The third-order valence-corrected chi connectivity index (χ3v) is 6.06. The van der Waals surface area contributed by atoms with E-state index >= 15 is 0 Å². The Kier molecular flexibility index (Phi) is 9.16. The Bertz CT molecular complexity index is 1010. The Labute approximate surface area is 194 Å². The van der Waals surface area contributed by atoms with Crippen LogP contribution >= 0.6 is 0 Å². The standard InChI is InChI=1S/C28H32F4O/c1-3-7-21-14-16-23(27(31)25(21)29)20-12-10-19(11-13-20)8-5-6-9-22-15-17-24(33-18-4-2)28(32)26(22)30/h5,8,12,14-17,19H,3-4,6-7,9-11,13,18H2,1-2H3. The van der Waals surface area contributed by atoms with E-state index in [2.05, 4.69) is 6.08 Å². The van der Waals surface area contributed by atoms with Gasteiger partial charge in [-0.1, -0.05) is 56.7 Å². The number of aryl methyl sites for hydroxylation is 2. The normalized spacial score (nSPS) is 16.3. The highest BCUT2D eigenvalue weighted by atomic mass is 19.2. The second-order valence-corrected chi connectivity index (χ2v) is 8.58. The quantitative estimate of drug-likeness (QED) is 0.256. The van der Waals surface area contributed by atoms with Gasteiger partial charge in [0, 0.05) is 5.56 Å². The van der Waals surface area contributed by atoms with Crippen molar-refractivity contribution >= 4 is 5.57 Å². The molecule has 1 aliphatic rings. The third kappa shape index (κ3) is 6.27. The molecule has 0 aliphatic heterocycles. The van der Waals surface area contributed by atoms with Gasteiger partial charge >= 0.3 is 0 Å². The molecule has 0 saturated heterocycles. The van der Waals surface area contributed by atoms with Gasteiger partial charge in [-0.25, -0.2) is 13.2 Å². The highest BCUT2D eigenvalue weighted by molar-refractivity contribution is 5.67. The lowest BCUT2D eigenvalue weighted by Crippen LogP contribution is -2.06. The first-order valence-electron chi connectivity index (χ1n) is 11.9. The molecular formula is C28H32F4O. The predicted octanol–water partition coefficient (Wildman–Crippen LogP) is 8.36. The van der Waals surface area contributed by atoms with E-state index in [1.807, 2.05) is 26.0 Å². The van der Waals surface area contributed by atoms with Crippen molar-refractivity contribution in [1.82, 2.24) is 0 Å². The number of halogens is 4. The lowest BCUT2D eigenvalue weighted by Gasteiger charge is -2.20. The van der Waals surface area contributed by atoms with E-state index in [9.17, 15) is 17.6 Å². The third-order valence-electron chi connectivity index (χ3n) is 6.06. The van der Waals surface area contributed by atoms with E-state index in [0.29, 0.717) is 54.9 Å². The second kappa shape index (κ2) is 12.1. The Morgan fingerprint density at radius 2 is 1.61 bits per heavy atom. The summed E-state index contributed by atoms with van der Waals surface area (Å²) in [6.07, 6.45) is 11.3. The van der Waals surface area contributed by atoms with Crippen LogP contribution in [0.4, 0.5) is 17.6 Å². The highest BCUT2D eigenvalue weighted by Crippen LogP contribution is 2.33. The topological polar surface area (TPSA) is 9.23 Å². The Morgan fingerprint density at radius 1 is 0.879 bits per heavy atom. The van der Waals surface area contributed by atoms with Crippen molar-refractivity contribution in [2.75, 3.05) is 6.61 Å². The molecule has 0 N–H and O–H groups in total. The van der Waals surface area contributed by atoms with Gasteiger partial charge < -0.3 is 4.74 Å². The fraction of sp³-hybridized carbons (Fsp3) is 0.429. The zero-order chi connectivity index (χ0) is 23.8. The van der Waals surface area contributed by atoms with Crippen LogP contribution in [0.15, 0.2) is 42.5 Å². The van der Waals surface area contributed by atoms with Crippen LogP contribution in [0.2, 0.25) is 0 Å². The monoisotopic (exact) mass is 460 g/mol. The van der Waals surface area contributed by atoms with Gasteiger partial charge in [0.25, 0.3) is 0 Å². The first kappa shape index (κ1) is 25.1. The van der Waals surface area contributed by atoms with E-state index in [0.717, 1.165) is 31.3 Å². The Balaban J connectivity index is 1.55. The maximum atomic E-state index is 14.5. The summed E-state index contributed by atoms with van der Waals surface area (Å²) in [6.45, 7) is 4.19. The molecule has 0 aromatic heterocycles. The number of rotatable bonds is 10. The summed E-state index contributed by atoms with van der Waals surface area (Å²) in [6, 6.07) is 6.44. The molecule has 5 heteroatoms. The molecule has 33 heavy (non-hydrogen) atoms. The van der Waals surface area contributed by atoms with Crippen LogP contribution in [-0.4, -0.2) is 6.61 Å². The van der Waals surface area contributed by atoms with Gasteiger partial charge in [-0.15, -0.1) is 0 Å². The maximum absolute atomic E-state index is 14.5. The summed E-state index contributed by atoms with van der Waals surface area (Å²) in [5, 5.41) is 0. The molecule has 1 nitrogen and oxygen atoms in total. The van der Waals surface area contributed by atoms with Crippen molar-refractivity contribution in [2.45, 2.75) is 65.2 Å². The van der Waals surface area contributed by atoms with Gasteiger partial charge in [-0.3, -0.25) is 0 Å². The zero-order valence-corrected chi connectivity index (χ0v) is 19.4. The average Bonchev–Trinajstić information content (AvgIpc) is 2.82. The minimum atomic E-state index is -0.929. The van der Waals surface area contributed by atoms with Gasteiger partial charge in [0.1, 0.15) is 0 Å². The van der Waals surface area contributed by atoms with Gasteiger partial charge in [-0.05, 0) is 73.6 Å². The number of ether oxygens (including phenoxy) is 1. The average molecular weight is 461 g/mol. The SMILES string of the molecule is CCCOc1ccc(CCC=CC2CC=C(c3ccc(CCC)c(F)c3F)CC2)c(F)c1F. The molecule has 0 heterocycles. The van der Waals surface area contributed by atoms with Crippen LogP contribution in [-0.2, 0) is 12.8 Å². The molecule has 0 radical (unpaired) electrons. The zero-order valence-electron chi connectivity index (χ0n) is 19.4. The summed E-state index contributed by atoms with van der Waals surface area (Å²) < 4.78 is 62.4. The molecule has 1 atom stereocenters. The van der Waals surface area contributed by atoms with Crippen LogP contribution in [0.25, 0.3) is 5.57 Å². The van der Waals surface area contributed by atoms with Crippen molar-refractivity contribution in [3.63, 3.8) is 0 Å². The van der Waals surface area contributed by atoms with Gasteiger partial charge in [0.15, 0.2) is 23.2 Å². The molecule has 0 fully saturated rings. The molecule has 1 unspecified atom stereocenters. The summed E-state index contributed by atoms with van der Waals surface area (Å²) in [5.74, 6) is -3.00. The molecule has 0 saturated carbocycles. The van der Waals surface area contributed by atoms with Crippen LogP contribution < -0.4 is 4.74 Å². The van der Waals surface area contributed by atoms with Gasteiger partial charge in [0.05, 0.1) is 6.61 Å². The fourth-order valence-electron chi connectivity index (χ4n) is 4.19. The molecule has 0 amide bonds.